The third-order valence-corrected chi connectivity index (χ3v) is 7.01. The molecule has 8 nitrogen and oxygen atoms in total. The van der Waals surface area contributed by atoms with E-state index in [1.807, 2.05) is 12.1 Å². The Bertz CT molecular complexity index is 962. The van der Waals surface area contributed by atoms with E-state index in [0.29, 0.717) is 24.2 Å². The van der Waals surface area contributed by atoms with Crippen molar-refractivity contribution in [3.05, 3.63) is 71.8 Å². The third kappa shape index (κ3) is 14.5. The fraction of sp³-hybridized carbons (Fsp3) is 0.515. The smallest absolute Gasteiger partial charge is 0.251 e. The first-order chi connectivity index (χ1) is 19.9. The average Bonchev–Trinajstić information content (AvgIpc) is 2.99. The summed E-state index contributed by atoms with van der Waals surface area (Å²) in [7, 11) is 0. The molecule has 0 aliphatic heterocycles. The number of benzene rings is 2. The van der Waals surface area contributed by atoms with E-state index in [1.54, 1.807) is 62.4 Å². The van der Waals surface area contributed by atoms with Gasteiger partial charge in [-0.2, -0.15) is 0 Å². The van der Waals surface area contributed by atoms with Crippen LogP contribution in [0.15, 0.2) is 60.7 Å². The Morgan fingerprint density at radius 3 is 1.10 bits per heavy atom. The molecule has 2 atom stereocenters. The molecule has 0 heterocycles. The molecule has 2 aromatic carbocycles. The van der Waals surface area contributed by atoms with Gasteiger partial charge in [0.2, 0.25) is 11.8 Å². The van der Waals surface area contributed by atoms with Crippen molar-refractivity contribution in [3.63, 3.8) is 0 Å². The zero-order valence-electron chi connectivity index (χ0n) is 24.8. The molecule has 2 aromatic rings. The molecule has 2 rings (SSSR count). The minimum absolute atomic E-state index is 0.154. The molecule has 0 radical (unpaired) electrons. The number of unbranched alkanes of at least 4 members (excludes halogenated alkanes) is 10. The fourth-order valence-corrected chi connectivity index (χ4v) is 4.44. The molecule has 224 valence electrons. The first-order valence-electron chi connectivity index (χ1n) is 15.2. The van der Waals surface area contributed by atoms with Crippen LogP contribution in [0.1, 0.15) is 105 Å². The highest BCUT2D eigenvalue weighted by Crippen LogP contribution is 2.11. The van der Waals surface area contributed by atoms with Crippen LogP contribution >= 0.6 is 0 Å². The number of nitrogens with one attached hydrogen (secondary N) is 4. The van der Waals surface area contributed by atoms with Crippen molar-refractivity contribution in [3.8, 4) is 0 Å². The maximum Gasteiger partial charge on any atom is 0.251 e. The number of carbonyl (C=O) groups is 4. The fourth-order valence-electron chi connectivity index (χ4n) is 4.44. The Morgan fingerprint density at radius 1 is 0.488 bits per heavy atom. The van der Waals surface area contributed by atoms with E-state index < -0.39 is 12.1 Å². The highest BCUT2D eigenvalue weighted by atomic mass is 16.2. The van der Waals surface area contributed by atoms with Crippen molar-refractivity contribution in [2.75, 3.05) is 13.1 Å². The van der Waals surface area contributed by atoms with Crippen LogP contribution in [-0.2, 0) is 9.59 Å². The van der Waals surface area contributed by atoms with Gasteiger partial charge in [0.15, 0.2) is 0 Å². The van der Waals surface area contributed by atoms with Gasteiger partial charge in [0, 0.05) is 24.2 Å². The molecule has 0 bridgehead atoms. The SMILES string of the molecule is C[C@H](NC(=O)c1ccccc1)C(=O)NCCCCCCCCCCCCCNC(=O)[C@H](C)NC(=O)c1ccccc1. The van der Waals surface area contributed by atoms with E-state index in [1.165, 1.54) is 44.9 Å². The summed E-state index contributed by atoms with van der Waals surface area (Å²) >= 11 is 0. The maximum absolute atomic E-state index is 12.2. The largest absolute Gasteiger partial charge is 0.354 e. The summed E-state index contributed by atoms with van der Waals surface area (Å²) in [5, 5.41) is 11.3. The molecule has 0 saturated carbocycles. The van der Waals surface area contributed by atoms with Crippen LogP contribution in [0, 0.1) is 0 Å². The van der Waals surface area contributed by atoms with Gasteiger partial charge in [-0.15, -0.1) is 0 Å². The predicted octanol–water partition coefficient (Wildman–Crippen LogP) is 5.15. The highest BCUT2D eigenvalue weighted by Gasteiger charge is 2.16. The van der Waals surface area contributed by atoms with Crippen molar-refractivity contribution >= 4 is 23.6 Å². The molecule has 0 fully saturated rings. The van der Waals surface area contributed by atoms with E-state index in [2.05, 4.69) is 21.3 Å². The summed E-state index contributed by atoms with van der Waals surface area (Å²) in [6.45, 7) is 4.66. The van der Waals surface area contributed by atoms with Gasteiger partial charge in [-0.05, 0) is 51.0 Å². The molecule has 0 aliphatic carbocycles. The lowest BCUT2D eigenvalue weighted by molar-refractivity contribution is -0.123. The standard InChI is InChI=1S/C33H48N4O4/c1-26(36-32(40)28-20-14-12-15-21-28)30(38)34-24-18-10-8-6-4-3-5-7-9-11-19-25-35-31(39)27(2)37-33(41)29-22-16-13-17-23-29/h12-17,20-23,26-27H,3-11,18-19,24-25H2,1-2H3,(H,34,38)(H,35,39)(H,36,40)(H,37,41)/t26-,27-/m0/s1. The minimum atomic E-state index is -0.565. The Morgan fingerprint density at radius 2 is 0.780 bits per heavy atom. The third-order valence-electron chi connectivity index (χ3n) is 7.01. The van der Waals surface area contributed by atoms with E-state index in [9.17, 15) is 19.2 Å². The van der Waals surface area contributed by atoms with Crippen LogP contribution in [0.25, 0.3) is 0 Å². The van der Waals surface area contributed by atoms with Gasteiger partial charge >= 0.3 is 0 Å². The van der Waals surface area contributed by atoms with E-state index in [-0.39, 0.29) is 23.6 Å². The van der Waals surface area contributed by atoms with E-state index in [4.69, 9.17) is 0 Å². The second-order valence-electron chi connectivity index (χ2n) is 10.6. The number of rotatable bonds is 20. The van der Waals surface area contributed by atoms with Crippen LogP contribution in [0.3, 0.4) is 0 Å². The normalized spacial score (nSPS) is 12.1. The van der Waals surface area contributed by atoms with Gasteiger partial charge in [-0.3, -0.25) is 19.2 Å². The van der Waals surface area contributed by atoms with Gasteiger partial charge in [0.25, 0.3) is 11.8 Å². The first-order valence-corrected chi connectivity index (χ1v) is 15.2. The molecule has 8 heteroatoms. The molecular formula is C33H48N4O4. The highest BCUT2D eigenvalue weighted by molar-refractivity contribution is 5.98. The summed E-state index contributed by atoms with van der Waals surface area (Å²) in [5.41, 5.74) is 1.10. The van der Waals surface area contributed by atoms with Gasteiger partial charge in [0.05, 0.1) is 0 Å². The quantitative estimate of drug-likeness (QED) is 0.167. The molecule has 0 aliphatic rings. The molecule has 0 aromatic heterocycles. The summed E-state index contributed by atoms with van der Waals surface area (Å²) in [6.07, 6.45) is 12.5. The molecule has 0 saturated heterocycles. The maximum atomic E-state index is 12.2. The lowest BCUT2D eigenvalue weighted by atomic mass is 10.1. The van der Waals surface area contributed by atoms with Gasteiger partial charge < -0.3 is 21.3 Å². The molecule has 4 amide bonds. The molecular weight excluding hydrogens is 516 g/mol. The summed E-state index contributed by atoms with van der Waals surface area (Å²) in [5.74, 6) is -0.791. The van der Waals surface area contributed by atoms with Crippen molar-refractivity contribution in [1.29, 1.82) is 0 Å². The zero-order chi connectivity index (χ0) is 29.7. The van der Waals surface area contributed by atoms with Crippen molar-refractivity contribution < 1.29 is 19.2 Å². The van der Waals surface area contributed by atoms with Crippen molar-refractivity contribution in [2.45, 2.75) is 96.6 Å². The molecule has 0 unspecified atom stereocenters. The minimum Gasteiger partial charge on any atom is -0.354 e. The Labute approximate surface area is 245 Å². The average molecular weight is 565 g/mol. The summed E-state index contributed by atoms with van der Waals surface area (Å²) < 4.78 is 0. The Balaban J connectivity index is 1.35. The molecule has 41 heavy (non-hydrogen) atoms. The topological polar surface area (TPSA) is 116 Å². The lowest BCUT2D eigenvalue weighted by Gasteiger charge is -2.14. The number of hydrogen-bond donors (Lipinski definition) is 4. The van der Waals surface area contributed by atoms with Crippen LogP contribution < -0.4 is 21.3 Å². The summed E-state index contributed by atoms with van der Waals surface area (Å²) in [4.78, 5) is 48.7. The number of carbonyl (C=O) groups excluding carboxylic acids is 4. The zero-order valence-corrected chi connectivity index (χ0v) is 24.8. The lowest BCUT2D eigenvalue weighted by Crippen LogP contribution is -2.45. The summed E-state index contributed by atoms with van der Waals surface area (Å²) in [6, 6.07) is 16.7. The van der Waals surface area contributed by atoms with Crippen LogP contribution in [-0.4, -0.2) is 48.8 Å². The monoisotopic (exact) mass is 564 g/mol. The Hall–Kier alpha value is -3.68. The number of amides is 4. The van der Waals surface area contributed by atoms with Gasteiger partial charge in [-0.1, -0.05) is 94.2 Å². The van der Waals surface area contributed by atoms with Gasteiger partial charge in [0.1, 0.15) is 12.1 Å². The Kier molecular flexibility index (Phi) is 16.5. The van der Waals surface area contributed by atoms with E-state index >= 15 is 0 Å². The second kappa shape index (κ2) is 20.2. The number of hydrogen-bond acceptors (Lipinski definition) is 4. The predicted molar refractivity (Wildman–Crippen MR) is 164 cm³/mol. The van der Waals surface area contributed by atoms with Crippen LogP contribution in [0.5, 0.6) is 0 Å². The first kappa shape index (κ1) is 33.5. The van der Waals surface area contributed by atoms with Crippen molar-refractivity contribution in [2.24, 2.45) is 0 Å². The van der Waals surface area contributed by atoms with Crippen LogP contribution in [0.4, 0.5) is 0 Å². The second-order valence-corrected chi connectivity index (χ2v) is 10.6. The molecule has 0 spiro atoms. The van der Waals surface area contributed by atoms with Crippen LogP contribution in [0.2, 0.25) is 0 Å². The van der Waals surface area contributed by atoms with Crippen molar-refractivity contribution in [1.82, 2.24) is 21.3 Å². The van der Waals surface area contributed by atoms with E-state index in [0.717, 1.165) is 25.7 Å². The molecule has 4 N–H and O–H groups in total. The van der Waals surface area contributed by atoms with Gasteiger partial charge in [-0.25, -0.2) is 0 Å².